The fourth-order valence-corrected chi connectivity index (χ4v) is 8.74. The highest BCUT2D eigenvalue weighted by Crippen LogP contribution is 2.43. The van der Waals surface area contributed by atoms with Gasteiger partial charge in [-0.2, -0.15) is 0 Å². The van der Waals surface area contributed by atoms with Gasteiger partial charge in [-0.15, -0.1) is 0 Å². The Morgan fingerprint density at radius 1 is 0.431 bits per heavy atom. The molecule has 0 aliphatic heterocycles. The predicted octanol–water partition coefficient (Wildman–Crippen LogP) is 13.8. The maximum absolute atomic E-state index is 5.05. The zero-order valence-corrected chi connectivity index (χ0v) is 31.9. The molecule has 58 heavy (non-hydrogen) atoms. The van der Waals surface area contributed by atoms with E-state index >= 15 is 0 Å². The van der Waals surface area contributed by atoms with Crippen LogP contribution in [0.3, 0.4) is 0 Å². The van der Waals surface area contributed by atoms with Crippen molar-refractivity contribution >= 4 is 60.8 Å². The Labute approximate surface area is 336 Å². The fourth-order valence-electron chi connectivity index (χ4n) is 8.74. The van der Waals surface area contributed by atoms with E-state index in [0.29, 0.717) is 0 Å². The average molecular weight is 744 g/mol. The van der Waals surface area contributed by atoms with E-state index in [2.05, 4.69) is 203 Å². The molecule has 11 rings (SSSR count). The lowest BCUT2D eigenvalue weighted by Crippen LogP contribution is -2.10. The number of pyridine rings is 2. The van der Waals surface area contributed by atoms with Crippen LogP contribution in [0.2, 0.25) is 0 Å². The molecule has 7 aromatic carbocycles. The van der Waals surface area contributed by atoms with Gasteiger partial charge >= 0.3 is 0 Å². The lowest BCUT2D eigenvalue weighted by atomic mass is 10.0. The number of para-hydroxylation sites is 3. The number of benzene rings is 7. The Morgan fingerprint density at radius 3 is 1.83 bits per heavy atom. The van der Waals surface area contributed by atoms with Crippen LogP contribution in [0.5, 0.6) is 0 Å². The van der Waals surface area contributed by atoms with Crippen molar-refractivity contribution in [3.05, 3.63) is 212 Å². The van der Waals surface area contributed by atoms with E-state index in [4.69, 9.17) is 9.97 Å². The van der Waals surface area contributed by atoms with Crippen molar-refractivity contribution in [1.29, 1.82) is 0 Å². The SMILES string of the molecule is Cc1cc(-c2cccc(N(c3ccccc3)c3cccc(-n4c5ccc6c(c7ccccc7n6-c6ccccc6)c5c5cccnc54)c3)c2)ncc1-c1ccccc1. The lowest BCUT2D eigenvalue weighted by molar-refractivity contribution is 1.13. The van der Waals surface area contributed by atoms with Gasteiger partial charge in [0.25, 0.3) is 0 Å². The summed E-state index contributed by atoms with van der Waals surface area (Å²) in [6.07, 6.45) is 3.90. The van der Waals surface area contributed by atoms with Crippen LogP contribution in [0.4, 0.5) is 17.1 Å². The Morgan fingerprint density at radius 2 is 1.03 bits per heavy atom. The molecular formula is C53H37N5. The second-order valence-corrected chi connectivity index (χ2v) is 14.7. The molecule has 0 amide bonds. The van der Waals surface area contributed by atoms with Crippen molar-refractivity contribution in [3.8, 4) is 33.8 Å². The van der Waals surface area contributed by atoms with E-state index in [1.807, 2.05) is 24.5 Å². The van der Waals surface area contributed by atoms with Crippen LogP contribution in [-0.4, -0.2) is 19.1 Å². The third kappa shape index (κ3) is 5.47. The monoisotopic (exact) mass is 743 g/mol. The first-order chi connectivity index (χ1) is 28.7. The molecule has 0 unspecified atom stereocenters. The van der Waals surface area contributed by atoms with Gasteiger partial charge in [-0.25, -0.2) is 4.98 Å². The van der Waals surface area contributed by atoms with Crippen molar-refractivity contribution in [2.75, 3.05) is 4.90 Å². The van der Waals surface area contributed by atoms with Crippen LogP contribution in [-0.2, 0) is 0 Å². The number of anilines is 3. The van der Waals surface area contributed by atoms with E-state index in [1.54, 1.807) is 0 Å². The van der Waals surface area contributed by atoms with Crippen molar-refractivity contribution in [1.82, 2.24) is 19.1 Å². The fraction of sp³-hybridized carbons (Fsp3) is 0.0189. The van der Waals surface area contributed by atoms with E-state index in [-0.39, 0.29) is 0 Å². The van der Waals surface area contributed by atoms with E-state index < -0.39 is 0 Å². The van der Waals surface area contributed by atoms with E-state index in [0.717, 1.165) is 61.8 Å². The summed E-state index contributed by atoms with van der Waals surface area (Å²) < 4.78 is 4.70. The molecule has 4 heterocycles. The van der Waals surface area contributed by atoms with Crippen molar-refractivity contribution in [2.45, 2.75) is 6.92 Å². The van der Waals surface area contributed by atoms with E-state index in [9.17, 15) is 0 Å². The van der Waals surface area contributed by atoms with Gasteiger partial charge in [-0.3, -0.25) is 9.55 Å². The number of aryl methyl sites for hydroxylation is 1. The van der Waals surface area contributed by atoms with Gasteiger partial charge in [0, 0.05) is 73.5 Å². The zero-order chi connectivity index (χ0) is 38.6. The third-order valence-corrected chi connectivity index (χ3v) is 11.3. The molecule has 0 aliphatic carbocycles. The summed E-state index contributed by atoms with van der Waals surface area (Å²) in [6, 6.07) is 68.9. The van der Waals surface area contributed by atoms with Gasteiger partial charge < -0.3 is 9.47 Å². The van der Waals surface area contributed by atoms with E-state index in [1.165, 1.54) is 38.3 Å². The van der Waals surface area contributed by atoms with Crippen LogP contribution in [0.1, 0.15) is 5.56 Å². The molecule has 274 valence electrons. The molecule has 0 saturated carbocycles. The Balaban J connectivity index is 1.08. The minimum absolute atomic E-state index is 0.923. The van der Waals surface area contributed by atoms with Crippen molar-refractivity contribution in [3.63, 3.8) is 0 Å². The van der Waals surface area contributed by atoms with Crippen LogP contribution < -0.4 is 4.90 Å². The maximum atomic E-state index is 5.05. The van der Waals surface area contributed by atoms with Gasteiger partial charge in [0.1, 0.15) is 5.65 Å². The van der Waals surface area contributed by atoms with Gasteiger partial charge in [-0.1, -0.05) is 103 Å². The number of rotatable bonds is 7. The first kappa shape index (κ1) is 33.6. The number of nitrogens with zero attached hydrogens (tertiary/aromatic N) is 5. The highest BCUT2D eigenvalue weighted by atomic mass is 15.1. The molecule has 0 radical (unpaired) electrons. The van der Waals surface area contributed by atoms with Gasteiger partial charge in [0.05, 0.1) is 22.2 Å². The molecular weight excluding hydrogens is 707 g/mol. The molecule has 0 N–H and O–H groups in total. The smallest absolute Gasteiger partial charge is 0.145 e. The molecule has 0 fully saturated rings. The zero-order valence-electron chi connectivity index (χ0n) is 31.9. The second kappa shape index (κ2) is 13.8. The number of hydrogen-bond donors (Lipinski definition) is 0. The number of hydrogen-bond acceptors (Lipinski definition) is 3. The van der Waals surface area contributed by atoms with Crippen LogP contribution >= 0.6 is 0 Å². The standard InChI is InChI=1S/C53H37N5/c1-36-32-47(55-35-46(36)37-16-5-2-6-17-37)38-18-13-23-41(33-38)56(39-19-7-3-8-20-39)42-24-14-25-43(34-42)58-50-30-29-49-51(52(50)45-27-15-31-54-53(45)58)44-26-11-12-28-48(44)57(49)40-21-9-4-10-22-40/h2-35H,1H3. The molecule has 4 aromatic heterocycles. The number of aromatic nitrogens is 4. The molecule has 0 saturated heterocycles. The summed E-state index contributed by atoms with van der Waals surface area (Å²) in [5, 5.41) is 4.77. The number of fused-ring (bicyclic) bond motifs is 7. The molecule has 11 aromatic rings. The first-order valence-electron chi connectivity index (χ1n) is 19.7. The Kier molecular flexibility index (Phi) is 7.97. The Bertz CT molecular complexity index is 3290. The van der Waals surface area contributed by atoms with Crippen LogP contribution in [0, 0.1) is 6.92 Å². The molecule has 5 heteroatoms. The largest absolute Gasteiger partial charge is 0.310 e. The van der Waals surface area contributed by atoms with Gasteiger partial charge in [0.15, 0.2) is 0 Å². The minimum Gasteiger partial charge on any atom is -0.310 e. The summed E-state index contributed by atoms with van der Waals surface area (Å²) in [4.78, 5) is 12.3. The molecule has 0 spiro atoms. The third-order valence-electron chi connectivity index (χ3n) is 11.3. The quantitative estimate of drug-likeness (QED) is 0.163. The van der Waals surface area contributed by atoms with Crippen LogP contribution in [0.25, 0.3) is 77.5 Å². The normalized spacial score (nSPS) is 11.5. The van der Waals surface area contributed by atoms with Crippen LogP contribution in [0.15, 0.2) is 207 Å². The summed E-state index contributed by atoms with van der Waals surface area (Å²) in [7, 11) is 0. The highest BCUT2D eigenvalue weighted by Gasteiger charge is 2.22. The summed E-state index contributed by atoms with van der Waals surface area (Å²) >= 11 is 0. The summed E-state index contributed by atoms with van der Waals surface area (Å²) in [5.74, 6) is 0. The molecule has 0 bridgehead atoms. The summed E-state index contributed by atoms with van der Waals surface area (Å²) in [5.41, 5.74) is 15.2. The first-order valence-corrected chi connectivity index (χ1v) is 19.7. The topological polar surface area (TPSA) is 38.9 Å². The molecule has 5 nitrogen and oxygen atoms in total. The Hall–Kier alpha value is -7.76. The van der Waals surface area contributed by atoms with Crippen molar-refractivity contribution < 1.29 is 0 Å². The molecule has 0 aliphatic rings. The van der Waals surface area contributed by atoms with Crippen molar-refractivity contribution in [2.24, 2.45) is 0 Å². The maximum Gasteiger partial charge on any atom is 0.145 e. The minimum atomic E-state index is 0.923. The highest BCUT2D eigenvalue weighted by molar-refractivity contribution is 6.28. The predicted molar refractivity (Wildman–Crippen MR) is 241 cm³/mol. The molecule has 0 atom stereocenters. The van der Waals surface area contributed by atoms with Gasteiger partial charge in [-0.05, 0) is 109 Å². The second-order valence-electron chi connectivity index (χ2n) is 14.7. The average Bonchev–Trinajstić information content (AvgIpc) is 3.81. The van der Waals surface area contributed by atoms with Gasteiger partial charge in [0.2, 0.25) is 0 Å². The summed E-state index contributed by atoms with van der Waals surface area (Å²) in [6.45, 7) is 2.16. The lowest BCUT2D eigenvalue weighted by Gasteiger charge is -2.26.